The molecular weight excluding hydrogens is 272 g/mol. The summed E-state index contributed by atoms with van der Waals surface area (Å²) in [5, 5.41) is 0. The number of rotatable bonds is 6. The Hall–Kier alpha value is -1.02. The molecule has 1 aromatic carbocycles. The molecule has 2 nitrogen and oxygen atoms in total. The smallest absolute Gasteiger partial charge is 0.123 e. The second-order valence-corrected chi connectivity index (χ2v) is 8.23. The lowest BCUT2D eigenvalue weighted by atomic mass is 9.83. The molecule has 2 heteroatoms. The molecule has 0 N–H and O–H groups in total. The van der Waals surface area contributed by atoms with Crippen LogP contribution in [0.1, 0.15) is 71.9 Å². The summed E-state index contributed by atoms with van der Waals surface area (Å²) in [5.41, 5.74) is 2.79. The van der Waals surface area contributed by atoms with Gasteiger partial charge in [0.1, 0.15) is 5.75 Å². The predicted molar refractivity (Wildman–Crippen MR) is 92.8 cm³/mol. The maximum absolute atomic E-state index is 6.05. The van der Waals surface area contributed by atoms with E-state index in [0.717, 1.165) is 18.8 Å². The minimum atomic E-state index is 0.0887. The monoisotopic (exact) mass is 304 g/mol. The first-order chi connectivity index (χ1) is 10.2. The van der Waals surface area contributed by atoms with E-state index in [1.807, 2.05) is 0 Å². The summed E-state index contributed by atoms with van der Waals surface area (Å²) in [6, 6.07) is 6.72. The van der Waals surface area contributed by atoms with Crippen molar-refractivity contribution < 1.29 is 9.47 Å². The molecule has 1 aliphatic rings. The van der Waals surface area contributed by atoms with E-state index in [2.05, 4.69) is 66.7 Å². The van der Waals surface area contributed by atoms with E-state index in [0.29, 0.717) is 24.0 Å². The first-order valence-corrected chi connectivity index (χ1v) is 8.61. The molecule has 1 aliphatic heterocycles. The molecule has 3 unspecified atom stereocenters. The maximum Gasteiger partial charge on any atom is 0.123 e. The Morgan fingerprint density at radius 3 is 2.32 bits per heavy atom. The zero-order valence-electron chi connectivity index (χ0n) is 15.3. The van der Waals surface area contributed by atoms with Crippen LogP contribution >= 0.6 is 0 Å². The molecule has 1 heterocycles. The standard InChI is InChI=1S/C20H32O2/c1-13(2)12-21-18-9-8-16(11-17(18)20(5,6)7)14(3)10-19-15(4)22-19/h8-9,11,13-15,19H,10,12H2,1-7H3. The highest BCUT2D eigenvalue weighted by Crippen LogP contribution is 2.37. The van der Waals surface area contributed by atoms with Gasteiger partial charge >= 0.3 is 0 Å². The molecule has 124 valence electrons. The van der Waals surface area contributed by atoms with E-state index >= 15 is 0 Å². The molecule has 0 aromatic heterocycles. The summed E-state index contributed by atoms with van der Waals surface area (Å²) in [7, 11) is 0. The fourth-order valence-electron chi connectivity index (χ4n) is 2.78. The Bertz CT molecular complexity index is 499. The lowest BCUT2D eigenvalue weighted by Gasteiger charge is -2.25. The average molecular weight is 304 g/mol. The van der Waals surface area contributed by atoms with E-state index in [1.54, 1.807) is 0 Å². The molecule has 0 spiro atoms. The number of hydrogen-bond acceptors (Lipinski definition) is 2. The van der Waals surface area contributed by atoms with Crippen LogP contribution in [0.2, 0.25) is 0 Å². The van der Waals surface area contributed by atoms with Gasteiger partial charge in [0.25, 0.3) is 0 Å². The Labute approximate surface area is 136 Å². The van der Waals surface area contributed by atoms with Crippen molar-refractivity contribution in [2.24, 2.45) is 5.92 Å². The second kappa shape index (κ2) is 6.62. The Morgan fingerprint density at radius 2 is 1.82 bits per heavy atom. The van der Waals surface area contributed by atoms with E-state index < -0.39 is 0 Å². The molecule has 0 aliphatic carbocycles. The molecule has 2 rings (SSSR count). The summed E-state index contributed by atoms with van der Waals surface area (Å²) in [6.45, 7) is 16.4. The molecule has 3 atom stereocenters. The molecule has 0 amide bonds. The molecule has 0 radical (unpaired) electrons. The first-order valence-electron chi connectivity index (χ1n) is 8.61. The van der Waals surface area contributed by atoms with Gasteiger partial charge in [0.05, 0.1) is 18.8 Å². The molecule has 0 saturated carbocycles. The van der Waals surface area contributed by atoms with Gasteiger partial charge in [0.15, 0.2) is 0 Å². The number of epoxide rings is 1. The summed E-state index contributed by atoms with van der Waals surface area (Å²) in [6.07, 6.45) is 2.00. The van der Waals surface area contributed by atoms with Gasteiger partial charge in [0.2, 0.25) is 0 Å². The summed E-state index contributed by atoms with van der Waals surface area (Å²) in [5.74, 6) is 2.10. The molecule has 22 heavy (non-hydrogen) atoms. The fourth-order valence-corrected chi connectivity index (χ4v) is 2.78. The Morgan fingerprint density at radius 1 is 1.18 bits per heavy atom. The molecule has 0 bridgehead atoms. The highest BCUT2D eigenvalue weighted by Gasteiger charge is 2.35. The van der Waals surface area contributed by atoms with Gasteiger partial charge in [-0.1, -0.05) is 53.7 Å². The van der Waals surface area contributed by atoms with Crippen molar-refractivity contribution >= 4 is 0 Å². The highest BCUT2D eigenvalue weighted by atomic mass is 16.6. The van der Waals surface area contributed by atoms with Crippen LogP contribution in [0.3, 0.4) is 0 Å². The van der Waals surface area contributed by atoms with Gasteiger partial charge in [0, 0.05) is 0 Å². The molecular formula is C20H32O2. The van der Waals surface area contributed by atoms with Crippen molar-refractivity contribution in [1.29, 1.82) is 0 Å². The third-order valence-corrected chi connectivity index (χ3v) is 4.38. The maximum atomic E-state index is 6.05. The van der Waals surface area contributed by atoms with Crippen LogP contribution in [0.5, 0.6) is 5.75 Å². The van der Waals surface area contributed by atoms with E-state index in [4.69, 9.17) is 9.47 Å². The van der Waals surface area contributed by atoms with Crippen LogP contribution in [0.4, 0.5) is 0 Å². The number of ether oxygens (including phenoxy) is 2. The van der Waals surface area contributed by atoms with E-state index in [1.165, 1.54) is 11.1 Å². The van der Waals surface area contributed by atoms with E-state index in [-0.39, 0.29) is 5.41 Å². The van der Waals surface area contributed by atoms with Crippen LogP contribution in [-0.4, -0.2) is 18.8 Å². The van der Waals surface area contributed by atoms with Gasteiger partial charge in [-0.3, -0.25) is 0 Å². The van der Waals surface area contributed by atoms with Crippen LogP contribution < -0.4 is 4.74 Å². The number of benzene rings is 1. The van der Waals surface area contributed by atoms with Gasteiger partial charge in [-0.15, -0.1) is 0 Å². The van der Waals surface area contributed by atoms with Crippen LogP contribution in [0, 0.1) is 5.92 Å². The average Bonchev–Trinajstić information content (AvgIpc) is 3.10. The lowest BCUT2D eigenvalue weighted by molar-refractivity contribution is 0.264. The third-order valence-electron chi connectivity index (χ3n) is 4.38. The molecule has 1 saturated heterocycles. The van der Waals surface area contributed by atoms with Gasteiger partial charge < -0.3 is 9.47 Å². The van der Waals surface area contributed by atoms with Gasteiger partial charge in [-0.25, -0.2) is 0 Å². The quantitative estimate of drug-likeness (QED) is 0.665. The predicted octanol–water partition coefficient (Wildman–Crippen LogP) is 5.30. The van der Waals surface area contributed by atoms with Crippen molar-refractivity contribution in [3.8, 4) is 5.75 Å². The summed E-state index contributed by atoms with van der Waals surface area (Å²) >= 11 is 0. The topological polar surface area (TPSA) is 21.8 Å². The van der Waals surface area contributed by atoms with Crippen molar-refractivity contribution in [3.05, 3.63) is 29.3 Å². The highest BCUT2D eigenvalue weighted by molar-refractivity contribution is 5.42. The molecule has 1 fully saturated rings. The normalized spacial score (nSPS) is 22.7. The van der Waals surface area contributed by atoms with Crippen molar-refractivity contribution in [2.45, 2.75) is 78.4 Å². The number of hydrogen-bond donors (Lipinski definition) is 0. The van der Waals surface area contributed by atoms with Crippen LogP contribution in [0.15, 0.2) is 18.2 Å². The Kier molecular flexibility index (Phi) is 5.21. The zero-order valence-corrected chi connectivity index (χ0v) is 15.3. The van der Waals surface area contributed by atoms with Crippen LogP contribution in [-0.2, 0) is 10.2 Å². The van der Waals surface area contributed by atoms with Crippen molar-refractivity contribution in [1.82, 2.24) is 0 Å². The minimum Gasteiger partial charge on any atom is -0.493 e. The lowest BCUT2D eigenvalue weighted by Crippen LogP contribution is -2.16. The minimum absolute atomic E-state index is 0.0887. The van der Waals surface area contributed by atoms with Crippen molar-refractivity contribution in [2.75, 3.05) is 6.61 Å². The van der Waals surface area contributed by atoms with Gasteiger partial charge in [-0.05, 0) is 47.8 Å². The molecule has 1 aromatic rings. The SMILES string of the molecule is CC(C)COc1ccc(C(C)CC2OC2C)cc1C(C)(C)C. The summed E-state index contributed by atoms with van der Waals surface area (Å²) in [4.78, 5) is 0. The largest absolute Gasteiger partial charge is 0.493 e. The van der Waals surface area contributed by atoms with Crippen molar-refractivity contribution in [3.63, 3.8) is 0 Å². The van der Waals surface area contributed by atoms with Crippen LogP contribution in [0.25, 0.3) is 0 Å². The third kappa shape index (κ3) is 4.49. The fraction of sp³-hybridized carbons (Fsp3) is 0.700. The van der Waals surface area contributed by atoms with Gasteiger partial charge in [-0.2, -0.15) is 0 Å². The zero-order chi connectivity index (χ0) is 16.5. The summed E-state index contributed by atoms with van der Waals surface area (Å²) < 4.78 is 11.6. The first kappa shape index (κ1) is 17.3. The van der Waals surface area contributed by atoms with E-state index in [9.17, 15) is 0 Å². The second-order valence-electron chi connectivity index (χ2n) is 8.23. The Balaban J connectivity index is 2.18.